The molecule has 1 aromatic carbocycles. The number of hydrogen-bond donors (Lipinski definition) is 2. The van der Waals surface area contributed by atoms with E-state index in [2.05, 4.69) is 21.2 Å². The van der Waals surface area contributed by atoms with Crippen molar-refractivity contribution in [2.45, 2.75) is 12.3 Å². The lowest BCUT2D eigenvalue weighted by molar-refractivity contribution is -0.146. The molecule has 1 spiro atoms. The maximum atomic E-state index is 13.0. The number of cyclic esters (lactones) is 1. The third kappa shape index (κ3) is 2.23. The molecule has 0 saturated heterocycles. The third-order valence-corrected chi connectivity index (χ3v) is 4.85. The molecule has 2 aliphatic rings. The van der Waals surface area contributed by atoms with Gasteiger partial charge in [0.15, 0.2) is 5.41 Å². The highest BCUT2D eigenvalue weighted by Gasteiger charge is 2.62. The van der Waals surface area contributed by atoms with Gasteiger partial charge in [0.2, 0.25) is 0 Å². The highest BCUT2D eigenvalue weighted by Crippen LogP contribution is 2.53. The van der Waals surface area contributed by atoms with Gasteiger partial charge in [-0.2, -0.15) is 0 Å². The number of benzene rings is 1. The Morgan fingerprint density at radius 3 is 2.42 bits per heavy atom. The summed E-state index contributed by atoms with van der Waals surface area (Å²) >= 11 is 3.34. The Labute approximate surface area is 157 Å². The predicted octanol–water partition coefficient (Wildman–Crippen LogP) is 1.46. The second-order valence-corrected chi connectivity index (χ2v) is 6.57. The molecule has 0 saturated carbocycles. The number of fused-ring (bicyclic) bond motifs is 2. The summed E-state index contributed by atoms with van der Waals surface area (Å²) in [6, 6.07) is 5.00. The number of carbonyl (C=O) groups excluding carboxylic acids is 3. The summed E-state index contributed by atoms with van der Waals surface area (Å²) in [6.45, 7) is 1.45. The minimum absolute atomic E-state index is 0.0314. The summed E-state index contributed by atoms with van der Waals surface area (Å²) < 4.78 is 15.6. The van der Waals surface area contributed by atoms with Crippen molar-refractivity contribution in [1.82, 2.24) is 0 Å². The second-order valence-electron chi connectivity index (χ2n) is 5.66. The first-order valence-electron chi connectivity index (χ1n) is 7.46. The zero-order valence-electron chi connectivity index (χ0n) is 14.1. The maximum absolute atomic E-state index is 13.0. The van der Waals surface area contributed by atoms with Crippen LogP contribution < -0.4 is 11.1 Å². The Morgan fingerprint density at radius 1 is 1.19 bits per heavy atom. The zero-order chi connectivity index (χ0) is 19.2. The van der Waals surface area contributed by atoms with E-state index < -0.39 is 23.3 Å². The molecule has 0 aliphatic carbocycles. The van der Waals surface area contributed by atoms with Crippen LogP contribution in [0.1, 0.15) is 12.5 Å². The van der Waals surface area contributed by atoms with E-state index in [-0.39, 0.29) is 22.7 Å². The molecule has 3 rings (SSSR count). The van der Waals surface area contributed by atoms with Gasteiger partial charge < -0.3 is 25.3 Å². The largest absolute Gasteiger partial charge is 0.466 e. The van der Waals surface area contributed by atoms with E-state index >= 15 is 0 Å². The Bertz CT molecular complexity index is 920. The average Bonchev–Trinajstić information content (AvgIpc) is 2.85. The first-order chi connectivity index (χ1) is 12.3. The third-order valence-electron chi connectivity index (χ3n) is 4.36. The fourth-order valence-electron chi connectivity index (χ4n) is 3.35. The van der Waals surface area contributed by atoms with Crippen LogP contribution in [0.3, 0.4) is 0 Å². The van der Waals surface area contributed by atoms with Crippen LogP contribution in [0.15, 0.2) is 45.4 Å². The second kappa shape index (κ2) is 6.17. The van der Waals surface area contributed by atoms with Gasteiger partial charge in [-0.25, -0.2) is 14.4 Å². The summed E-state index contributed by atoms with van der Waals surface area (Å²) in [5.74, 6) is -2.59. The molecule has 0 unspecified atom stereocenters. The first-order valence-corrected chi connectivity index (χ1v) is 8.25. The van der Waals surface area contributed by atoms with Gasteiger partial charge in [-0.3, -0.25) is 0 Å². The number of hydrogen-bond acceptors (Lipinski definition) is 8. The zero-order valence-corrected chi connectivity index (χ0v) is 15.7. The Balaban J connectivity index is 2.47. The summed E-state index contributed by atoms with van der Waals surface area (Å²) in [6.07, 6.45) is 0. The maximum Gasteiger partial charge on any atom is 0.339 e. The smallest absolute Gasteiger partial charge is 0.339 e. The SMILES string of the molecule is COC(=O)C1=C(N)Nc2ccc(Br)cc2[C@]12C(=O)OC(C)=C2C(=O)OC. The van der Waals surface area contributed by atoms with Crippen molar-refractivity contribution in [1.29, 1.82) is 0 Å². The van der Waals surface area contributed by atoms with Gasteiger partial charge in [0.25, 0.3) is 0 Å². The number of rotatable bonds is 2. The van der Waals surface area contributed by atoms with Crippen molar-refractivity contribution < 1.29 is 28.6 Å². The van der Waals surface area contributed by atoms with Gasteiger partial charge in [-0.1, -0.05) is 15.9 Å². The van der Waals surface area contributed by atoms with Crippen molar-refractivity contribution in [2.24, 2.45) is 5.73 Å². The number of anilines is 1. The molecule has 2 aliphatic heterocycles. The van der Waals surface area contributed by atoms with Crippen LogP contribution >= 0.6 is 15.9 Å². The van der Waals surface area contributed by atoms with Gasteiger partial charge in [-0.15, -0.1) is 0 Å². The van der Waals surface area contributed by atoms with E-state index in [0.717, 1.165) is 7.11 Å². The van der Waals surface area contributed by atoms with Crippen molar-refractivity contribution >= 4 is 39.5 Å². The molecule has 0 amide bonds. The molecular weight excluding hydrogens is 408 g/mol. The van der Waals surface area contributed by atoms with Gasteiger partial charge >= 0.3 is 17.9 Å². The number of ether oxygens (including phenoxy) is 3. The normalized spacial score (nSPS) is 21.3. The van der Waals surface area contributed by atoms with Crippen LogP contribution in [0.5, 0.6) is 0 Å². The highest BCUT2D eigenvalue weighted by molar-refractivity contribution is 9.10. The van der Waals surface area contributed by atoms with Crippen molar-refractivity contribution in [3.63, 3.8) is 0 Å². The van der Waals surface area contributed by atoms with Crippen LogP contribution in [0.4, 0.5) is 5.69 Å². The van der Waals surface area contributed by atoms with Crippen molar-refractivity contribution in [3.05, 3.63) is 51.0 Å². The van der Waals surface area contributed by atoms with Crippen LogP contribution in [0.2, 0.25) is 0 Å². The lowest BCUT2D eigenvalue weighted by Crippen LogP contribution is -2.47. The van der Waals surface area contributed by atoms with E-state index in [9.17, 15) is 14.4 Å². The number of allylic oxidation sites excluding steroid dienone is 1. The molecule has 136 valence electrons. The van der Waals surface area contributed by atoms with Gasteiger partial charge in [0.1, 0.15) is 22.7 Å². The van der Waals surface area contributed by atoms with E-state index in [4.69, 9.17) is 19.9 Å². The lowest BCUT2D eigenvalue weighted by atomic mass is 9.67. The molecule has 1 aromatic rings. The standard InChI is InChI=1S/C17H15BrN2O6/c1-7-11(14(21)24-2)17(16(23)26-7)9-6-8(18)4-5-10(9)20-13(19)12(17)15(22)25-3/h4-6,20H,19H2,1-3H3/t17-/m1/s1. The molecule has 9 heteroatoms. The van der Waals surface area contributed by atoms with E-state index in [1.54, 1.807) is 18.2 Å². The summed E-state index contributed by atoms with van der Waals surface area (Å²) in [7, 11) is 2.33. The molecular formula is C17H15BrN2O6. The molecule has 1 atom stereocenters. The summed E-state index contributed by atoms with van der Waals surface area (Å²) in [5, 5.41) is 2.87. The summed E-state index contributed by atoms with van der Waals surface area (Å²) in [4.78, 5) is 38.1. The quantitative estimate of drug-likeness (QED) is 0.543. The summed E-state index contributed by atoms with van der Waals surface area (Å²) in [5.41, 5.74) is 4.59. The van der Waals surface area contributed by atoms with Gasteiger partial charge in [0.05, 0.1) is 14.2 Å². The number of nitrogens with two attached hydrogens (primary N) is 1. The molecule has 3 N–H and O–H groups in total. The monoisotopic (exact) mass is 422 g/mol. The number of methoxy groups -OCH3 is 2. The topological polar surface area (TPSA) is 117 Å². The van der Waals surface area contributed by atoms with Crippen LogP contribution in [-0.4, -0.2) is 32.1 Å². The van der Waals surface area contributed by atoms with Crippen LogP contribution in [0.25, 0.3) is 0 Å². The molecule has 0 radical (unpaired) electrons. The van der Waals surface area contributed by atoms with Crippen molar-refractivity contribution in [2.75, 3.05) is 19.5 Å². The van der Waals surface area contributed by atoms with Crippen molar-refractivity contribution in [3.8, 4) is 0 Å². The number of nitrogens with one attached hydrogen (secondary N) is 1. The molecule has 0 bridgehead atoms. The van der Waals surface area contributed by atoms with E-state index in [0.29, 0.717) is 15.7 Å². The van der Waals surface area contributed by atoms with E-state index in [1.807, 2.05) is 0 Å². The van der Waals surface area contributed by atoms with Gasteiger partial charge in [-0.05, 0) is 25.1 Å². The number of halogens is 1. The Hall–Kier alpha value is -2.81. The number of esters is 3. The predicted molar refractivity (Wildman–Crippen MR) is 93.5 cm³/mol. The average molecular weight is 423 g/mol. The molecule has 8 nitrogen and oxygen atoms in total. The van der Waals surface area contributed by atoms with Crippen LogP contribution in [-0.2, 0) is 34.0 Å². The molecule has 26 heavy (non-hydrogen) atoms. The first kappa shape index (κ1) is 18.0. The fourth-order valence-corrected chi connectivity index (χ4v) is 3.71. The van der Waals surface area contributed by atoms with Gasteiger partial charge in [0, 0.05) is 15.7 Å². The Morgan fingerprint density at radius 2 is 1.81 bits per heavy atom. The van der Waals surface area contributed by atoms with Crippen LogP contribution in [0, 0.1) is 0 Å². The molecule has 0 aromatic heterocycles. The highest BCUT2D eigenvalue weighted by atomic mass is 79.9. The minimum atomic E-state index is -1.89. The van der Waals surface area contributed by atoms with E-state index in [1.165, 1.54) is 14.0 Å². The Kier molecular flexibility index (Phi) is 4.27. The number of carbonyl (C=O) groups is 3. The lowest BCUT2D eigenvalue weighted by Gasteiger charge is -2.35. The molecule has 0 fully saturated rings. The fraction of sp³-hybridized carbons (Fsp3) is 0.235. The molecule has 2 heterocycles. The minimum Gasteiger partial charge on any atom is -0.466 e.